The summed E-state index contributed by atoms with van der Waals surface area (Å²) < 4.78 is 25.8. The molecule has 4 unspecified atom stereocenters. The van der Waals surface area contributed by atoms with E-state index in [1.165, 1.54) is 12.5 Å². The summed E-state index contributed by atoms with van der Waals surface area (Å²) in [7, 11) is 0. The van der Waals surface area contributed by atoms with Gasteiger partial charge in [-0.3, -0.25) is 9.67 Å². The Kier molecular flexibility index (Phi) is 8.03. The first-order valence-corrected chi connectivity index (χ1v) is 13.7. The lowest BCUT2D eigenvalue weighted by molar-refractivity contribution is -0.0604. The predicted octanol–water partition coefficient (Wildman–Crippen LogP) is 4.69. The van der Waals surface area contributed by atoms with Gasteiger partial charge in [-0.25, -0.2) is 19.4 Å². The molecule has 4 atom stereocenters. The lowest BCUT2D eigenvalue weighted by Gasteiger charge is -2.25. The van der Waals surface area contributed by atoms with E-state index in [0.29, 0.717) is 21.2 Å². The van der Waals surface area contributed by atoms with Gasteiger partial charge in [0.25, 0.3) is 0 Å². The fraction of sp³-hybridized carbons (Fsp3) is 0.161. The molecule has 0 amide bonds. The zero-order valence-electron chi connectivity index (χ0n) is 22.4. The van der Waals surface area contributed by atoms with Gasteiger partial charge in [0.15, 0.2) is 18.4 Å². The van der Waals surface area contributed by atoms with Crippen molar-refractivity contribution < 1.29 is 33.3 Å². The number of benzene rings is 3. The summed E-state index contributed by atoms with van der Waals surface area (Å²) in [6.45, 7) is -0.304. The highest BCUT2D eigenvalue weighted by Crippen LogP contribution is 2.37. The highest BCUT2D eigenvalue weighted by molar-refractivity contribution is 7.71. The van der Waals surface area contributed by atoms with E-state index < -0.39 is 42.4 Å². The van der Waals surface area contributed by atoms with Gasteiger partial charge in [-0.1, -0.05) is 66.8 Å². The number of imidazole rings is 1. The van der Waals surface area contributed by atoms with E-state index in [4.69, 9.17) is 31.2 Å². The normalized spacial score (nSPS) is 19.5. The molecule has 1 fully saturated rings. The molecule has 1 N–H and O–H groups in total. The average molecular weight is 597 g/mol. The largest absolute Gasteiger partial charge is 0.459 e. The molecule has 3 aromatic carbocycles. The summed E-state index contributed by atoms with van der Waals surface area (Å²) in [6.07, 6.45) is -1.47. The molecule has 0 saturated carbocycles. The number of carbonyl (C=O) groups excluding carboxylic acids is 3. The summed E-state index contributed by atoms with van der Waals surface area (Å²) >= 11 is 5.33. The van der Waals surface area contributed by atoms with Gasteiger partial charge in [-0.2, -0.15) is 5.10 Å². The third-order valence-electron chi connectivity index (χ3n) is 6.85. The number of rotatable bonds is 8. The first-order valence-electron chi connectivity index (χ1n) is 13.3. The molecular formula is C31H24N4O7S. The van der Waals surface area contributed by atoms with E-state index in [2.05, 4.69) is 15.2 Å². The molecule has 12 heteroatoms. The number of nitrogens with zero attached hydrogens (tertiary/aromatic N) is 3. The van der Waals surface area contributed by atoms with Gasteiger partial charge in [0.2, 0.25) is 0 Å². The molecule has 3 heterocycles. The van der Waals surface area contributed by atoms with Crippen LogP contribution >= 0.6 is 12.2 Å². The van der Waals surface area contributed by atoms with E-state index in [0.717, 1.165) is 0 Å². The lowest BCUT2D eigenvalue weighted by atomic mass is 10.1. The van der Waals surface area contributed by atoms with Crippen LogP contribution < -0.4 is 0 Å². The van der Waals surface area contributed by atoms with E-state index in [1.807, 2.05) is 0 Å². The number of ether oxygens (including phenoxy) is 4. The van der Waals surface area contributed by atoms with Crippen molar-refractivity contribution in [2.75, 3.05) is 6.61 Å². The molecule has 11 nitrogen and oxygen atoms in total. The lowest BCUT2D eigenvalue weighted by Crippen LogP contribution is -2.41. The van der Waals surface area contributed by atoms with E-state index in [-0.39, 0.29) is 17.7 Å². The van der Waals surface area contributed by atoms with Crippen molar-refractivity contribution >= 4 is 41.2 Å². The Morgan fingerprint density at radius 2 is 1.33 bits per heavy atom. The van der Waals surface area contributed by atoms with Crippen molar-refractivity contribution in [2.24, 2.45) is 0 Å². The van der Waals surface area contributed by atoms with Crippen LogP contribution in [-0.2, 0) is 18.9 Å². The second kappa shape index (κ2) is 12.3. The molecular weight excluding hydrogens is 572 g/mol. The number of fused-ring (bicyclic) bond motifs is 1. The summed E-state index contributed by atoms with van der Waals surface area (Å²) in [5, 5.41) is 6.75. The van der Waals surface area contributed by atoms with Crippen LogP contribution in [0.25, 0.3) is 11.0 Å². The van der Waals surface area contributed by atoms with Gasteiger partial charge in [0, 0.05) is 0 Å². The number of aromatic nitrogens is 4. The van der Waals surface area contributed by atoms with Crippen LogP contribution in [-0.4, -0.2) is 62.6 Å². The zero-order valence-corrected chi connectivity index (χ0v) is 23.3. The summed E-state index contributed by atoms with van der Waals surface area (Å²) in [5.41, 5.74) is 1.83. The number of H-pyrrole nitrogens is 1. The minimum atomic E-state index is -1.18. The van der Waals surface area contributed by atoms with Gasteiger partial charge in [-0.15, -0.1) is 0 Å². The van der Waals surface area contributed by atoms with E-state index >= 15 is 0 Å². The minimum Gasteiger partial charge on any atom is -0.459 e. The molecule has 1 aliphatic heterocycles. The van der Waals surface area contributed by atoms with Gasteiger partial charge in [-0.05, 0) is 36.4 Å². The molecule has 0 bridgehead atoms. The molecule has 5 aromatic rings. The topological polar surface area (TPSA) is 135 Å². The number of hydrogen-bond donors (Lipinski definition) is 1. The van der Waals surface area contributed by atoms with Crippen molar-refractivity contribution in [3.63, 3.8) is 0 Å². The van der Waals surface area contributed by atoms with E-state index in [9.17, 15) is 14.4 Å². The Balaban J connectivity index is 1.37. The maximum Gasteiger partial charge on any atom is 0.338 e. The average Bonchev–Trinajstić information content (AvgIpc) is 3.63. The molecule has 6 rings (SSSR count). The van der Waals surface area contributed by atoms with Crippen molar-refractivity contribution in [1.29, 1.82) is 0 Å². The molecule has 216 valence electrons. The minimum absolute atomic E-state index is 0.280. The van der Waals surface area contributed by atoms with Crippen LogP contribution in [0.15, 0.2) is 104 Å². The smallest absolute Gasteiger partial charge is 0.338 e. The highest BCUT2D eigenvalue weighted by Gasteiger charge is 2.51. The van der Waals surface area contributed by atoms with Crippen LogP contribution in [0, 0.1) is 4.64 Å². The Labute approximate surface area is 250 Å². The monoisotopic (exact) mass is 596 g/mol. The number of aromatic amines is 1. The van der Waals surface area contributed by atoms with Crippen molar-refractivity contribution in [2.45, 2.75) is 24.5 Å². The van der Waals surface area contributed by atoms with Crippen molar-refractivity contribution in [3.8, 4) is 0 Å². The fourth-order valence-electron chi connectivity index (χ4n) is 4.76. The zero-order chi connectivity index (χ0) is 29.8. The van der Waals surface area contributed by atoms with Crippen molar-refractivity contribution in [3.05, 3.63) is 125 Å². The molecule has 0 aliphatic carbocycles. The van der Waals surface area contributed by atoms with Crippen LogP contribution in [0.5, 0.6) is 0 Å². The van der Waals surface area contributed by atoms with Gasteiger partial charge in [0.05, 0.1) is 34.7 Å². The predicted molar refractivity (Wildman–Crippen MR) is 155 cm³/mol. The van der Waals surface area contributed by atoms with Crippen LogP contribution in [0.1, 0.15) is 37.3 Å². The SMILES string of the molecule is O=C(OCC1OC(n2cnc3c(=S)[nH]ncc32)C(OC(=O)c2ccccc2)C1OC(=O)c1ccccc1)c1ccccc1. The molecule has 0 radical (unpaired) electrons. The molecule has 2 aromatic heterocycles. The number of carbonyl (C=O) groups is 3. The number of nitrogens with one attached hydrogen (secondary N) is 1. The summed E-state index contributed by atoms with van der Waals surface area (Å²) in [4.78, 5) is 43.8. The Morgan fingerprint density at radius 3 is 1.91 bits per heavy atom. The first-order chi connectivity index (χ1) is 21.0. The van der Waals surface area contributed by atoms with Crippen molar-refractivity contribution in [1.82, 2.24) is 19.7 Å². The van der Waals surface area contributed by atoms with E-state index in [1.54, 1.807) is 95.6 Å². The number of esters is 3. The third-order valence-corrected chi connectivity index (χ3v) is 7.14. The fourth-order valence-corrected chi connectivity index (χ4v) is 4.97. The molecule has 0 spiro atoms. The molecule has 1 aliphatic rings. The Bertz CT molecular complexity index is 1810. The third kappa shape index (κ3) is 5.92. The summed E-state index contributed by atoms with van der Waals surface area (Å²) in [5.74, 6) is -1.93. The maximum atomic E-state index is 13.3. The second-order valence-electron chi connectivity index (χ2n) is 9.59. The Morgan fingerprint density at radius 1 is 0.791 bits per heavy atom. The summed E-state index contributed by atoms with van der Waals surface area (Å²) in [6, 6.07) is 25.2. The van der Waals surface area contributed by atoms with Gasteiger partial charge < -0.3 is 18.9 Å². The van der Waals surface area contributed by atoms with Crippen LogP contribution in [0.4, 0.5) is 0 Å². The highest BCUT2D eigenvalue weighted by atomic mass is 32.1. The second-order valence-corrected chi connectivity index (χ2v) is 9.99. The Hall–Kier alpha value is -5.20. The number of hydrogen-bond acceptors (Lipinski definition) is 10. The van der Waals surface area contributed by atoms with Crippen LogP contribution in [0.2, 0.25) is 0 Å². The maximum absolute atomic E-state index is 13.3. The first kappa shape index (κ1) is 27.9. The molecule has 1 saturated heterocycles. The van der Waals surface area contributed by atoms with Gasteiger partial charge in [0.1, 0.15) is 22.9 Å². The molecule has 43 heavy (non-hydrogen) atoms. The van der Waals surface area contributed by atoms with Gasteiger partial charge >= 0.3 is 17.9 Å². The van der Waals surface area contributed by atoms with Crippen LogP contribution in [0.3, 0.4) is 0 Å². The quantitative estimate of drug-likeness (QED) is 0.153. The standard InChI is InChI=1S/C31H24N4O7S/c36-29(19-10-4-1-5-11-19)39-17-23-25(41-30(37)20-12-6-2-7-13-20)26(42-31(38)21-14-8-3-9-15-21)28(40-23)35-18-32-24-22(35)16-33-34-27(24)43/h1-16,18,23,25-26,28H,17H2,(H,34,43).